The smallest absolute Gasteiger partial charge is 0.191 e. The lowest BCUT2D eigenvalue weighted by atomic mass is 10.0. The maximum Gasteiger partial charge on any atom is 0.191 e. The van der Waals surface area contributed by atoms with Crippen molar-refractivity contribution in [3.8, 4) is 0 Å². The predicted molar refractivity (Wildman–Crippen MR) is 106 cm³/mol. The summed E-state index contributed by atoms with van der Waals surface area (Å²) in [6.45, 7) is 4.54. The van der Waals surface area contributed by atoms with E-state index in [1.807, 2.05) is 25.2 Å². The van der Waals surface area contributed by atoms with Crippen molar-refractivity contribution in [1.82, 2.24) is 30.3 Å². The molecule has 2 aromatic rings. The van der Waals surface area contributed by atoms with Crippen molar-refractivity contribution < 1.29 is 4.74 Å². The monoisotopic (exact) mass is 391 g/mol. The van der Waals surface area contributed by atoms with E-state index in [-0.39, 0.29) is 6.04 Å². The molecule has 1 fully saturated rings. The van der Waals surface area contributed by atoms with Crippen LogP contribution >= 0.6 is 11.6 Å². The van der Waals surface area contributed by atoms with E-state index >= 15 is 0 Å². The van der Waals surface area contributed by atoms with Gasteiger partial charge in [0.05, 0.1) is 25.8 Å². The topological polar surface area (TPSA) is 79.6 Å². The molecule has 1 aromatic carbocycles. The van der Waals surface area contributed by atoms with Gasteiger partial charge < -0.3 is 15.4 Å². The summed E-state index contributed by atoms with van der Waals surface area (Å²) in [5, 5.41) is 11.5. The zero-order valence-corrected chi connectivity index (χ0v) is 16.5. The van der Waals surface area contributed by atoms with Crippen molar-refractivity contribution >= 4 is 17.6 Å². The predicted octanol–water partition coefficient (Wildman–Crippen LogP) is 1.21. The molecule has 2 N–H and O–H groups in total. The van der Waals surface area contributed by atoms with Crippen molar-refractivity contribution in [3.05, 3.63) is 47.0 Å². The van der Waals surface area contributed by atoms with Gasteiger partial charge in [-0.25, -0.2) is 4.98 Å². The van der Waals surface area contributed by atoms with E-state index in [0.29, 0.717) is 13.1 Å². The molecule has 1 unspecified atom stereocenters. The second-order valence-electron chi connectivity index (χ2n) is 6.33. The summed E-state index contributed by atoms with van der Waals surface area (Å²) in [4.78, 5) is 10.9. The Kier molecular flexibility index (Phi) is 7.03. The molecule has 0 bridgehead atoms. The molecule has 0 spiro atoms. The third-order valence-electron chi connectivity index (χ3n) is 4.63. The van der Waals surface area contributed by atoms with Crippen molar-refractivity contribution in [1.29, 1.82) is 0 Å². The number of benzene rings is 1. The molecule has 1 aromatic heterocycles. The van der Waals surface area contributed by atoms with Gasteiger partial charge in [0.2, 0.25) is 0 Å². The van der Waals surface area contributed by atoms with Crippen LogP contribution in [0.3, 0.4) is 0 Å². The van der Waals surface area contributed by atoms with Crippen molar-refractivity contribution in [2.75, 3.05) is 39.9 Å². The van der Waals surface area contributed by atoms with Crippen LogP contribution in [0.1, 0.15) is 17.4 Å². The van der Waals surface area contributed by atoms with E-state index in [9.17, 15) is 0 Å². The van der Waals surface area contributed by atoms with Gasteiger partial charge in [-0.15, -0.1) is 0 Å². The number of ether oxygens (including phenoxy) is 1. The molecular weight excluding hydrogens is 366 g/mol. The molecule has 9 heteroatoms. The number of guanidine groups is 1. The van der Waals surface area contributed by atoms with E-state index in [1.54, 1.807) is 18.1 Å². The summed E-state index contributed by atoms with van der Waals surface area (Å²) in [5.74, 6) is 1.57. The first kappa shape index (κ1) is 19.6. The van der Waals surface area contributed by atoms with Gasteiger partial charge in [0.25, 0.3) is 0 Å². The summed E-state index contributed by atoms with van der Waals surface area (Å²) in [5.41, 5.74) is 1.18. The van der Waals surface area contributed by atoms with Crippen molar-refractivity contribution in [3.63, 3.8) is 0 Å². The number of rotatable bonds is 6. The second-order valence-corrected chi connectivity index (χ2v) is 6.76. The first-order chi connectivity index (χ1) is 13.2. The van der Waals surface area contributed by atoms with E-state index in [0.717, 1.165) is 43.1 Å². The molecule has 8 nitrogen and oxygen atoms in total. The number of nitrogens with zero attached hydrogens (tertiary/aromatic N) is 5. The van der Waals surface area contributed by atoms with Crippen molar-refractivity contribution in [2.45, 2.75) is 12.6 Å². The fourth-order valence-corrected chi connectivity index (χ4v) is 3.32. The molecule has 1 saturated heterocycles. The van der Waals surface area contributed by atoms with Crippen LogP contribution in [-0.2, 0) is 18.3 Å². The highest BCUT2D eigenvalue weighted by Gasteiger charge is 2.23. The average Bonchev–Trinajstić information content (AvgIpc) is 3.10. The normalized spacial score (nSPS) is 16.9. The van der Waals surface area contributed by atoms with Gasteiger partial charge in [-0.2, -0.15) is 5.10 Å². The van der Waals surface area contributed by atoms with Crippen LogP contribution in [0.2, 0.25) is 5.02 Å². The van der Waals surface area contributed by atoms with Gasteiger partial charge in [-0.3, -0.25) is 14.6 Å². The molecule has 1 atom stereocenters. The number of aliphatic imine (C=N–C) groups is 1. The third kappa shape index (κ3) is 5.41. The molecule has 0 amide bonds. The number of morpholine rings is 1. The maximum atomic E-state index is 6.22. The van der Waals surface area contributed by atoms with Gasteiger partial charge in [0.15, 0.2) is 5.96 Å². The second kappa shape index (κ2) is 9.68. The molecule has 0 radical (unpaired) electrons. The van der Waals surface area contributed by atoms with E-state index < -0.39 is 0 Å². The standard InChI is InChI=1S/C18H26ClN7O/c1-20-18(22-12-17-23-13-24-25(17)2)21-11-16(26-6-8-27-9-7-26)14-4-3-5-15(19)10-14/h3-5,10,13,16H,6-9,11-12H2,1-2H3,(H2,20,21,22). The zero-order chi connectivity index (χ0) is 19.1. The largest absolute Gasteiger partial charge is 0.379 e. The number of hydrogen-bond acceptors (Lipinski definition) is 5. The summed E-state index contributed by atoms with van der Waals surface area (Å²) in [6, 6.07) is 8.21. The lowest BCUT2D eigenvalue weighted by molar-refractivity contribution is 0.0170. The summed E-state index contributed by atoms with van der Waals surface area (Å²) < 4.78 is 7.25. The van der Waals surface area contributed by atoms with Crippen LogP contribution in [0.4, 0.5) is 0 Å². The van der Waals surface area contributed by atoms with Crippen LogP contribution < -0.4 is 10.6 Å². The molecule has 2 heterocycles. The lowest BCUT2D eigenvalue weighted by Gasteiger charge is -2.35. The minimum absolute atomic E-state index is 0.181. The van der Waals surface area contributed by atoms with E-state index in [1.165, 1.54) is 5.56 Å². The SMILES string of the molecule is CN=C(NCc1ncnn1C)NCC(c1cccc(Cl)c1)N1CCOCC1. The van der Waals surface area contributed by atoms with Crippen LogP contribution in [-0.4, -0.2) is 65.5 Å². The number of aryl methyl sites for hydroxylation is 1. The number of nitrogens with one attached hydrogen (secondary N) is 2. The average molecular weight is 392 g/mol. The Morgan fingerprint density at radius 3 is 2.81 bits per heavy atom. The molecule has 27 heavy (non-hydrogen) atoms. The summed E-state index contributed by atoms with van der Waals surface area (Å²) in [6.07, 6.45) is 1.54. The maximum absolute atomic E-state index is 6.22. The van der Waals surface area contributed by atoms with Crippen LogP contribution in [0.15, 0.2) is 35.6 Å². The molecular formula is C18H26ClN7O. The van der Waals surface area contributed by atoms with Gasteiger partial charge >= 0.3 is 0 Å². The zero-order valence-electron chi connectivity index (χ0n) is 15.7. The number of hydrogen-bond donors (Lipinski definition) is 2. The molecule has 1 aliphatic rings. The van der Waals surface area contributed by atoms with Gasteiger partial charge in [0.1, 0.15) is 12.2 Å². The fraction of sp³-hybridized carbons (Fsp3) is 0.500. The Bertz CT molecular complexity index is 758. The third-order valence-corrected chi connectivity index (χ3v) is 4.86. The first-order valence-corrected chi connectivity index (χ1v) is 9.40. The highest BCUT2D eigenvalue weighted by Crippen LogP contribution is 2.23. The molecule has 3 rings (SSSR count). The minimum Gasteiger partial charge on any atom is -0.379 e. The summed E-state index contributed by atoms with van der Waals surface area (Å²) >= 11 is 6.22. The molecule has 1 aliphatic heterocycles. The Labute approximate surface area is 164 Å². The van der Waals surface area contributed by atoms with E-state index in [2.05, 4.69) is 36.7 Å². The van der Waals surface area contributed by atoms with Gasteiger partial charge in [-0.1, -0.05) is 23.7 Å². The van der Waals surface area contributed by atoms with Crippen LogP contribution in [0.25, 0.3) is 0 Å². The fourth-order valence-electron chi connectivity index (χ4n) is 3.12. The Morgan fingerprint density at radius 1 is 1.33 bits per heavy atom. The van der Waals surface area contributed by atoms with Crippen LogP contribution in [0, 0.1) is 0 Å². The Hall–Kier alpha value is -2.16. The Morgan fingerprint density at radius 2 is 2.15 bits per heavy atom. The minimum atomic E-state index is 0.181. The molecule has 146 valence electrons. The quantitative estimate of drug-likeness (QED) is 0.569. The highest BCUT2D eigenvalue weighted by molar-refractivity contribution is 6.30. The highest BCUT2D eigenvalue weighted by atomic mass is 35.5. The number of halogens is 1. The first-order valence-electron chi connectivity index (χ1n) is 9.02. The van der Waals surface area contributed by atoms with Crippen LogP contribution in [0.5, 0.6) is 0 Å². The molecule has 0 saturated carbocycles. The van der Waals surface area contributed by atoms with E-state index in [4.69, 9.17) is 16.3 Å². The van der Waals surface area contributed by atoms with Crippen molar-refractivity contribution in [2.24, 2.45) is 12.0 Å². The van der Waals surface area contributed by atoms with Gasteiger partial charge in [-0.05, 0) is 17.7 Å². The summed E-state index contributed by atoms with van der Waals surface area (Å²) in [7, 11) is 3.63. The lowest BCUT2D eigenvalue weighted by Crippen LogP contribution is -2.46. The van der Waals surface area contributed by atoms with Gasteiger partial charge in [0, 0.05) is 38.8 Å². The molecule has 0 aliphatic carbocycles. The number of aromatic nitrogens is 3. The Balaban J connectivity index is 1.64.